The van der Waals surface area contributed by atoms with Crippen LogP contribution < -0.4 is 4.31 Å². The van der Waals surface area contributed by atoms with Crippen molar-refractivity contribution < 1.29 is 27.5 Å². The van der Waals surface area contributed by atoms with Gasteiger partial charge in [-0.05, 0) is 44.4 Å². The zero-order valence-electron chi connectivity index (χ0n) is 16.8. The molecule has 0 saturated heterocycles. The molecule has 0 N–H and O–H groups in total. The first-order valence-electron chi connectivity index (χ1n) is 8.75. The molecule has 0 aliphatic carbocycles. The third-order valence-electron chi connectivity index (χ3n) is 4.13. The van der Waals surface area contributed by atoms with Gasteiger partial charge >= 0.3 is 11.9 Å². The standard InChI is InChI=1S/C20H24N2O6S/c1-21(2)10-11-22(17-8-6-5-7-9-17)29(25,26)18-13-15(19(23)27-3)12-16(14-18)20(24)28-4/h5-9,12-14H,10-11H2,1-4H3. The molecule has 2 aromatic carbocycles. The first-order valence-corrected chi connectivity index (χ1v) is 10.2. The second-order valence-electron chi connectivity index (χ2n) is 6.45. The normalized spacial score (nSPS) is 11.2. The second kappa shape index (κ2) is 9.53. The summed E-state index contributed by atoms with van der Waals surface area (Å²) in [6.45, 7) is 0.643. The number of sulfonamides is 1. The summed E-state index contributed by atoms with van der Waals surface area (Å²) in [5, 5.41) is 0. The number of likely N-dealkylation sites (N-methyl/N-ethyl adjacent to an activating group) is 1. The van der Waals surface area contributed by atoms with Gasteiger partial charge in [-0.25, -0.2) is 18.0 Å². The zero-order valence-corrected chi connectivity index (χ0v) is 17.6. The van der Waals surface area contributed by atoms with Crippen LogP contribution >= 0.6 is 0 Å². The molecule has 9 heteroatoms. The van der Waals surface area contributed by atoms with Crippen molar-refractivity contribution in [2.24, 2.45) is 0 Å². The van der Waals surface area contributed by atoms with Crippen LogP contribution in [-0.4, -0.2) is 66.7 Å². The van der Waals surface area contributed by atoms with Crippen LogP contribution in [0.5, 0.6) is 0 Å². The van der Waals surface area contributed by atoms with Crippen molar-refractivity contribution in [2.75, 3.05) is 45.7 Å². The highest BCUT2D eigenvalue weighted by molar-refractivity contribution is 7.92. The molecule has 0 amide bonds. The number of esters is 2. The average Bonchev–Trinajstić information content (AvgIpc) is 2.72. The van der Waals surface area contributed by atoms with E-state index in [0.717, 1.165) is 0 Å². The van der Waals surface area contributed by atoms with Gasteiger partial charge in [0.2, 0.25) is 0 Å². The molecule has 29 heavy (non-hydrogen) atoms. The van der Waals surface area contributed by atoms with E-state index in [1.54, 1.807) is 30.3 Å². The third-order valence-corrected chi connectivity index (χ3v) is 5.94. The summed E-state index contributed by atoms with van der Waals surface area (Å²) in [6, 6.07) is 12.2. The van der Waals surface area contributed by atoms with Gasteiger partial charge in [-0.3, -0.25) is 4.31 Å². The summed E-state index contributed by atoms with van der Waals surface area (Å²) in [4.78, 5) is 25.7. The Hall–Kier alpha value is -2.91. The molecule has 0 radical (unpaired) electrons. The molecule has 8 nitrogen and oxygen atoms in total. The van der Waals surface area contributed by atoms with Crippen LogP contribution in [0.3, 0.4) is 0 Å². The maximum Gasteiger partial charge on any atom is 0.337 e. The van der Waals surface area contributed by atoms with Crippen molar-refractivity contribution >= 4 is 27.6 Å². The molecule has 2 rings (SSSR count). The van der Waals surface area contributed by atoms with E-state index in [1.807, 2.05) is 19.0 Å². The molecule has 0 aliphatic rings. The van der Waals surface area contributed by atoms with Gasteiger partial charge in [-0.1, -0.05) is 18.2 Å². The van der Waals surface area contributed by atoms with Gasteiger partial charge in [0.15, 0.2) is 0 Å². The predicted octanol–water partition coefficient (Wildman–Crippen LogP) is 2.02. The first kappa shape index (κ1) is 22.4. The maximum atomic E-state index is 13.5. The van der Waals surface area contributed by atoms with Gasteiger partial charge < -0.3 is 14.4 Å². The van der Waals surface area contributed by atoms with Gasteiger partial charge in [0.1, 0.15) is 0 Å². The van der Waals surface area contributed by atoms with Gasteiger partial charge in [0, 0.05) is 13.1 Å². The minimum atomic E-state index is -4.09. The minimum Gasteiger partial charge on any atom is -0.465 e. The van der Waals surface area contributed by atoms with Crippen molar-refractivity contribution in [3.63, 3.8) is 0 Å². The lowest BCUT2D eigenvalue weighted by molar-refractivity contribution is 0.0598. The summed E-state index contributed by atoms with van der Waals surface area (Å²) >= 11 is 0. The number of para-hydroxylation sites is 1. The van der Waals surface area contributed by atoms with E-state index >= 15 is 0 Å². The van der Waals surface area contributed by atoms with Crippen LogP contribution in [0.2, 0.25) is 0 Å². The van der Waals surface area contributed by atoms with Crippen LogP contribution in [0.15, 0.2) is 53.4 Å². The maximum absolute atomic E-state index is 13.5. The Balaban J connectivity index is 2.63. The van der Waals surface area contributed by atoms with Gasteiger partial charge in [-0.2, -0.15) is 0 Å². The number of hydrogen-bond donors (Lipinski definition) is 0. The van der Waals surface area contributed by atoms with E-state index in [1.165, 1.54) is 36.7 Å². The highest BCUT2D eigenvalue weighted by atomic mass is 32.2. The van der Waals surface area contributed by atoms with Crippen LogP contribution in [0.4, 0.5) is 5.69 Å². The van der Waals surface area contributed by atoms with Gasteiger partial charge in [0.05, 0.1) is 35.9 Å². The van der Waals surface area contributed by atoms with E-state index in [0.29, 0.717) is 12.2 Å². The summed E-state index contributed by atoms with van der Waals surface area (Å²) < 4.78 is 37.6. The Morgan fingerprint density at radius 2 is 1.38 bits per heavy atom. The largest absolute Gasteiger partial charge is 0.465 e. The lowest BCUT2D eigenvalue weighted by atomic mass is 10.1. The number of methoxy groups -OCH3 is 2. The molecule has 0 atom stereocenters. The molecular formula is C20H24N2O6S. The molecule has 0 fully saturated rings. The van der Waals surface area contributed by atoms with Crippen LogP contribution in [0, 0.1) is 0 Å². The fourth-order valence-electron chi connectivity index (χ4n) is 2.62. The molecule has 0 aliphatic heterocycles. The fraction of sp³-hybridized carbons (Fsp3) is 0.300. The third kappa shape index (κ3) is 5.33. The van der Waals surface area contributed by atoms with Crippen molar-refractivity contribution in [1.29, 1.82) is 0 Å². The Labute approximate surface area is 170 Å². The topological polar surface area (TPSA) is 93.2 Å². The molecule has 0 aromatic heterocycles. The van der Waals surface area contributed by atoms with Crippen LogP contribution in [0.1, 0.15) is 20.7 Å². The molecule has 2 aromatic rings. The van der Waals surface area contributed by atoms with E-state index in [4.69, 9.17) is 9.47 Å². The lowest BCUT2D eigenvalue weighted by Gasteiger charge is -2.26. The highest BCUT2D eigenvalue weighted by Gasteiger charge is 2.27. The number of nitrogens with zero attached hydrogens (tertiary/aromatic N) is 2. The summed E-state index contributed by atoms with van der Waals surface area (Å²) in [7, 11) is 1.94. The van der Waals surface area contributed by atoms with E-state index < -0.39 is 22.0 Å². The SMILES string of the molecule is COC(=O)c1cc(C(=O)OC)cc(S(=O)(=O)N(CCN(C)C)c2ccccc2)c1. The monoisotopic (exact) mass is 420 g/mol. The smallest absolute Gasteiger partial charge is 0.337 e. The number of hydrogen-bond acceptors (Lipinski definition) is 7. The molecule has 0 bridgehead atoms. The van der Waals surface area contributed by atoms with Crippen LogP contribution in [-0.2, 0) is 19.5 Å². The predicted molar refractivity (Wildman–Crippen MR) is 109 cm³/mol. The summed E-state index contributed by atoms with van der Waals surface area (Å²) in [5.41, 5.74) is 0.349. The Kier molecular flexibility index (Phi) is 7.35. The number of carbonyl (C=O) groups excluding carboxylic acids is 2. The molecule has 156 valence electrons. The fourth-order valence-corrected chi connectivity index (χ4v) is 4.15. The molecule has 0 heterocycles. The van der Waals surface area contributed by atoms with Crippen molar-refractivity contribution in [3.05, 3.63) is 59.7 Å². The Bertz CT molecular complexity index is 939. The summed E-state index contributed by atoms with van der Waals surface area (Å²) in [6.07, 6.45) is 0. The molecule has 0 saturated carbocycles. The number of anilines is 1. The van der Waals surface area contributed by atoms with E-state index in [-0.39, 0.29) is 22.6 Å². The highest BCUT2D eigenvalue weighted by Crippen LogP contribution is 2.25. The quantitative estimate of drug-likeness (QED) is 0.603. The molecule has 0 spiro atoms. The minimum absolute atomic E-state index is 0.0606. The zero-order chi connectivity index (χ0) is 21.6. The molecular weight excluding hydrogens is 396 g/mol. The molecule has 0 unspecified atom stereocenters. The Morgan fingerprint density at radius 3 is 1.83 bits per heavy atom. The average molecular weight is 420 g/mol. The number of carbonyl (C=O) groups is 2. The number of benzene rings is 2. The van der Waals surface area contributed by atoms with E-state index in [2.05, 4.69) is 0 Å². The van der Waals surface area contributed by atoms with Gasteiger partial charge in [-0.15, -0.1) is 0 Å². The van der Waals surface area contributed by atoms with Crippen LogP contribution in [0.25, 0.3) is 0 Å². The Morgan fingerprint density at radius 1 is 0.862 bits per heavy atom. The first-order chi connectivity index (χ1) is 13.7. The number of rotatable bonds is 8. The number of ether oxygens (including phenoxy) is 2. The lowest BCUT2D eigenvalue weighted by Crippen LogP contribution is -2.37. The van der Waals surface area contributed by atoms with E-state index in [9.17, 15) is 18.0 Å². The summed E-state index contributed by atoms with van der Waals surface area (Å²) in [5.74, 6) is -1.52. The van der Waals surface area contributed by atoms with Crippen molar-refractivity contribution in [2.45, 2.75) is 4.90 Å². The van der Waals surface area contributed by atoms with Crippen molar-refractivity contribution in [3.8, 4) is 0 Å². The van der Waals surface area contributed by atoms with Crippen molar-refractivity contribution in [1.82, 2.24) is 4.90 Å². The second-order valence-corrected chi connectivity index (χ2v) is 8.31. The van der Waals surface area contributed by atoms with Gasteiger partial charge in [0.25, 0.3) is 10.0 Å².